The molecule has 0 aliphatic carbocycles. The van der Waals surface area contributed by atoms with Gasteiger partial charge in [-0.2, -0.15) is 0 Å². The molecule has 1 heterocycles. The Labute approximate surface area is 119 Å². The van der Waals surface area contributed by atoms with Crippen LogP contribution in [-0.2, 0) is 6.61 Å². The number of pyridine rings is 1. The summed E-state index contributed by atoms with van der Waals surface area (Å²) in [6.07, 6.45) is 1.52. The summed E-state index contributed by atoms with van der Waals surface area (Å²) in [5.74, 6) is 0.317. The van der Waals surface area contributed by atoms with Crippen LogP contribution in [0.4, 0.5) is 5.82 Å². The van der Waals surface area contributed by atoms with E-state index in [0.29, 0.717) is 37.6 Å². The summed E-state index contributed by atoms with van der Waals surface area (Å²) in [6, 6.07) is 4.82. The molecule has 0 unspecified atom stereocenters. The van der Waals surface area contributed by atoms with Crippen molar-refractivity contribution in [2.24, 2.45) is 0 Å². The molecular weight excluding hydrogens is 295 g/mol. The molecule has 1 aromatic heterocycles. The average Bonchev–Trinajstić information content (AvgIpc) is 2.36. The van der Waals surface area contributed by atoms with Gasteiger partial charge in [0.15, 0.2) is 0 Å². The second-order valence-corrected chi connectivity index (χ2v) is 4.83. The minimum Gasteiger partial charge on any atom is -0.392 e. The second kappa shape index (κ2) is 5.33. The lowest BCUT2D eigenvalue weighted by Gasteiger charge is -2.12. The third kappa shape index (κ3) is 2.40. The second-order valence-electron chi connectivity index (χ2n) is 3.64. The van der Waals surface area contributed by atoms with Crippen LogP contribution in [0, 0.1) is 0 Å². The van der Waals surface area contributed by atoms with Crippen molar-refractivity contribution in [2.75, 3.05) is 5.73 Å². The van der Waals surface area contributed by atoms with Gasteiger partial charge < -0.3 is 10.8 Å². The van der Waals surface area contributed by atoms with Gasteiger partial charge in [-0.05, 0) is 23.8 Å². The van der Waals surface area contributed by atoms with Crippen molar-refractivity contribution in [1.29, 1.82) is 0 Å². The van der Waals surface area contributed by atoms with Gasteiger partial charge in [-0.1, -0.05) is 34.8 Å². The lowest BCUT2D eigenvalue weighted by Crippen LogP contribution is -1.97. The van der Waals surface area contributed by atoms with Gasteiger partial charge in [0, 0.05) is 17.3 Å². The number of benzene rings is 1. The first-order valence-electron chi connectivity index (χ1n) is 5.03. The third-order valence-corrected chi connectivity index (χ3v) is 3.61. The molecule has 18 heavy (non-hydrogen) atoms. The Kier molecular flexibility index (Phi) is 3.97. The standard InChI is InChI=1S/C12H9Cl3N2O/c13-8-1-2-9(14)12(15)11(8)7-4-17-10(16)3-6(7)5-18/h1-4,18H,5H2,(H2,16,17). The number of nitrogen functional groups attached to an aromatic ring is 1. The van der Waals surface area contributed by atoms with Gasteiger partial charge in [0.1, 0.15) is 5.82 Å². The van der Waals surface area contributed by atoms with E-state index in [1.807, 2.05) is 0 Å². The number of hydrogen-bond donors (Lipinski definition) is 2. The number of aliphatic hydroxyl groups is 1. The van der Waals surface area contributed by atoms with Crippen molar-refractivity contribution in [3.05, 3.63) is 45.0 Å². The number of anilines is 1. The van der Waals surface area contributed by atoms with Gasteiger partial charge in [0.25, 0.3) is 0 Å². The fraction of sp³-hybridized carbons (Fsp3) is 0.0833. The number of aromatic nitrogens is 1. The van der Waals surface area contributed by atoms with Crippen LogP contribution in [0.15, 0.2) is 24.4 Å². The summed E-state index contributed by atoms with van der Waals surface area (Å²) in [7, 11) is 0. The lowest BCUT2D eigenvalue weighted by molar-refractivity contribution is 0.282. The molecule has 6 heteroatoms. The van der Waals surface area contributed by atoms with E-state index >= 15 is 0 Å². The third-order valence-electron chi connectivity index (χ3n) is 2.49. The molecule has 0 aliphatic rings. The first-order valence-corrected chi connectivity index (χ1v) is 6.17. The number of nitrogens with zero attached hydrogens (tertiary/aromatic N) is 1. The first-order chi connectivity index (χ1) is 8.54. The van der Waals surface area contributed by atoms with Crippen molar-refractivity contribution >= 4 is 40.6 Å². The molecule has 3 nitrogen and oxygen atoms in total. The lowest BCUT2D eigenvalue weighted by atomic mass is 10.0. The highest BCUT2D eigenvalue weighted by Crippen LogP contribution is 2.40. The molecule has 0 aliphatic heterocycles. The normalized spacial score (nSPS) is 10.7. The summed E-state index contributed by atoms with van der Waals surface area (Å²) in [6.45, 7) is -0.193. The Morgan fingerprint density at radius 3 is 2.50 bits per heavy atom. The van der Waals surface area contributed by atoms with Crippen LogP contribution >= 0.6 is 34.8 Å². The number of rotatable bonds is 2. The molecule has 0 amide bonds. The van der Waals surface area contributed by atoms with Gasteiger partial charge in [-0.15, -0.1) is 0 Å². The van der Waals surface area contributed by atoms with Crippen LogP contribution in [0.3, 0.4) is 0 Å². The zero-order valence-corrected chi connectivity index (χ0v) is 11.4. The zero-order chi connectivity index (χ0) is 13.3. The van der Waals surface area contributed by atoms with Crippen molar-refractivity contribution in [1.82, 2.24) is 4.98 Å². The average molecular weight is 304 g/mol. The molecular formula is C12H9Cl3N2O. The van der Waals surface area contributed by atoms with E-state index in [1.54, 1.807) is 18.2 Å². The summed E-state index contributed by atoms with van der Waals surface area (Å²) >= 11 is 18.2. The van der Waals surface area contributed by atoms with Crippen molar-refractivity contribution in [3.8, 4) is 11.1 Å². The largest absolute Gasteiger partial charge is 0.392 e. The summed E-state index contributed by atoms with van der Waals surface area (Å²) < 4.78 is 0. The molecule has 0 bridgehead atoms. The quantitative estimate of drug-likeness (QED) is 0.830. The number of hydrogen-bond acceptors (Lipinski definition) is 3. The molecule has 0 saturated heterocycles. The minimum absolute atomic E-state index is 0.193. The van der Waals surface area contributed by atoms with Crippen LogP contribution < -0.4 is 5.73 Å². The van der Waals surface area contributed by atoms with Gasteiger partial charge >= 0.3 is 0 Å². The molecule has 0 saturated carbocycles. The van der Waals surface area contributed by atoms with E-state index in [9.17, 15) is 5.11 Å². The highest BCUT2D eigenvalue weighted by molar-refractivity contribution is 6.46. The predicted molar refractivity (Wildman–Crippen MR) is 75.0 cm³/mol. The van der Waals surface area contributed by atoms with Gasteiger partial charge in [0.05, 0.1) is 21.7 Å². The van der Waals surface area contributed by atoms with Gasteiger partial charge in [-0.3, -0.25) is 0 Å². The Bertz CT molecular complexity index is 602. The molecule has 2 rings (SSSR count). The Hall–Kier alpha value is -1.00. The smallest absolute Gasteiger partial charge is 0.123 e. The van der Waals surface area contributed by atoms with E-state index in [0.717, 1.165) is 0 Å². The van der Waals surface area contributed by atoms with E-state index in [4.69, 9.17) is 40.5 Å². The van der Waals surface area contributed by atoms with E-state index < -0.39 is 0 Å². The van der Waals surface area contributed by atoms with Crippen molar-refractivity contribution in [2.45, 2.75) is 6.61 Å². The van der Waals surface area contributed by atoms with Crippen LogP contribution in [0.1, 0.15) is 5.56 Å². The van der Waals surface area contributed by atoms with Crippen molar-refractivity contribution in [3.63, 3.8) is 0 Å². The Balaban J connectivity index is 2.73. The number of aliphatic hydroxyl groups excluding tert-OH is 1. The Morgan fingerprint density at radius 2 is 1.83 bits per heavy atom. The SMILES string of the molecule is Nc1cc(CO)c(-c2c(Cl)ccc(Cl)c2Cl)cn1. The van der Waals surface area contributed by atoms with E-state index in [2.05, 4.69) is 4.98 Å². The summed E-state index contributed by atoms with van der Waals surface area (Å²) in [5, 5.41) is 10.5. The maximum absolute atomic E-state index is 9.35. The van der Waals surface area contributed by atoms with E-state index in [1.165, 1.54) is 6.20 Å². The summed E-state index contributed by atoms with van der Waals surface area (Å²) in [4.78, 5) is 3.98. The molecule has 0 fully saturated rings. The molecule has 0 radical (unpaired) electrons. The van der Waals surface area contributed by atoms with Crippen LogP contribution in [0.2, 0.25) is 15.1 Å². The fourth-order valence-electron chi connectivity index (χ4n) is 1.65. The molecule has 94 valence electrons. The number of halogens is 3. The van der Waals surface area contributed by atoms with Crippen LogP contribution in [0.25, 0.3) is 11.1 Å². The van der Waals surface area contributed by atoms with E-state index in [-0.39, 0.29) is 6.61 Å². The highest BCUT2D eigenvalue weighted by Gasteiger charge is 2.15. The van der Waals surface area contributed by atoms with Gasteiger partial charge in [0.2, 0.25) is 0 Å². The minimum atomic E-state index is -0.193. The molecule has 0 spiro atoms. The fourth-order valence-corrected chi connectivity index (χ4v) is 2.38. The predicted octanol–water partition coefficient (Wildman–Crippen LogP) is 3.78. The topological polar surface area (TPSA) is 59.1 Å². The Morgan fingerprint density at radius 1 is 1.17 bits per heavy atom. The molecule has 3 N–H and O–H groups in total. The van der Waals surface area contributed by atoms with Crippen LogP contribution in [-0.4, -0.2) is 10.1 Å². The highest BCUT2D eigenvalue weighted by atomic mass is 35.5. The first kappa shape index (κ1) is 13.4. The molecule has 1 aromatic carbocycles. The number of nitrogens with two attached hydrogens (primary N) is 1. The van der Waals surface area contributed by atoms with Crippen LogP contribution in [0.5, 0.6) is 0 Å². The monoisotopic (exact) mass is 302 g/mol. The van der Waals surface area contributed by atoms with Crippen molar-refractivity contribution < 1.29 is 5.11 Å². The van der Waals surface area contributed by atoms with Gasteiger partial charge in [-0.25, -0.2) is 4.98 Å². The zero-order valence-electron chi connectivity index (χ0n) is 9.12. The maximum Gasteiger partial charge on any atom is 0.123 e. The maximum atomic E-state index is 9.35. The summed E-state index contributed by atoms with van der Waals surface area (Å²) in [5.41, 5.74) is 7.32. The molecule has 0 atom stereocenters. The molecule has 2 aromatic rings.